The van der Waals surface area contributed by atoms with Gasteiger partial charge in [0.15, 0.2) is 0 Å². The maximum absolute atomic E-state index is 13.3. The molecule has 3 rings (SSSR count). The van der Waals surface area contributed by atoms with Crippen molar-refractivity contribution < 1.29 is 4.39 Å². The zero-order valence-corrected chi connectivity index (χ0v) is 12.0. The van der Waals surface area contributed by atoms with Gasteiger partial charge in [-0.15, -0.1) is 12.4 Å². The molecule has 1 N–H and O–H groups in total. The fraction of sp³-hybridized carbons (Fsp3) is 0.188. The van der Waals surface area contributed by atoms with Crippen LogP contribution in [0.15, 0.2) is 47.5 Å². The first-order chi connectivity index (χ1) is 9.24. The zero-order valence-electron chi connectivity index (χ0n) is 11.2. The van der Waals surface area contributed by atoms with Crippen molar-refractivity contribution in [2.24, 2.45) is 4.99 Å². The molecule has 1 aliphatic heterocycles. The molecule has 20 heavy (non-hydrogen) atoms. The Kier molecular flexibility index (Phi) is 4.40. The van der Waals surface area contributed by atoms with E-state index in [4.69, 9.17) is 0 Å². The fourth-order valence-corrected chi connectivity index (χ4v) is 2.30. The highest BCUT2D eigenvalue weighted by atomic mass is 35.5. The van der Waals surface area contributed by atoms with Crippen molar-refractivity contribution in [3.05, 3.63) is 59.4 Å². The molecular formula is C16H16ClFN2. The van der Waals surface area contributed by atoms with Crippen LogP contribution in [0.4, 0.5) is 4.39 Å². The summed E-state index contributed by atoms with van der Waals surface area (Å²) in [4.78, 5) is 4.45. The van der Waals surface area contributed by atoms with Gasteiger partial charge in [0.25, 0.3) is 0 Å². The second-order valence-electron chi connectivity index (χ2n) is 4.70. The van der Waals surface area contributed by atoms with Gasteiger partial charge in [-0.05, 0) is 41.8 Å². The van der Waals surface area contributed by atoms with Crippen molar-refractivity contribution in [2.45, 2.75) is 6.92 Å². The van der Waals surface area contributed by atoms with Gasteiger partial charge in [-0.1, -0.05) is 24.3 Å². The summed E-state index contributed by atoms with van der Waals surface area (Å²) in [7, 11) is 0. The molecule has 2 aromatic carbocycles. The van der Waals surface area contributed by atoms with Crippen LogP contribution in [0.25, 0.3) is 11.1 Å². The van der Waals surface area contributed by atoms with Crippen molar-refractivity contribution in [1.29, 1.82) is 0 Å². The number of amidine groups is 1. The fourth-order valence-electron chi connectivity index (χ4n) is 2.30. The molecule has 0 aliphatic carbocycles. The lowest BCUT2D eigenvalue weighted by atomic mass is 9.99. The number of halogens is 2. The van der Waals surface area contributed by atoms with Gasteiger partial charge < -0.3 is 5.32 Å². The molecule has 1 aliphatic rings. The van der Waals surface area contributed by atoms with Crippen LogP contribution in [0.3, 0.4) is 0 Å². The molecule has 0 spiro atoms. The SMILES string of the molecule is Cc1ccc(-c2cccc(F)c2)cc1C1=NCCN1.Cl. The van der Waals surface area contributed by atoms with Crippen molar-refractivity contribution >= 4 is 18.2 Å². The van der Waals surface area contributed by atoms with Crippen LogP contribution >= 0.6 is 12.4 Å². The summed E-state index contributed by atoms with van der Waals surface area (Å²) >= 11 is 0. The minimum Gasteiger partial charge on any atom is -0.368 e. The Morgan fingerprint density at radius 1 is 1.10 bits per heavy atom. The molecule has 0 amide bonds. The Hall–Kier alpha value is -1.87. The molecule has 0 radical (unpaired) electrons. The smallest absolute Gasteiger partial charge is 0.128 e. The number of benzene rings is 2. The summed E-state index contributed by atoms with van der Waals surface area (Å²) in [5.41, 5.74) is 4.17. The monoisotopic (exact) mass is 290 g/mol. The first kappa shape index (κ1) is 14.5. The lowest BCUT2D eigenvalue weighted by molar-refractivity contribution is 0.628. The van der Waals surface area contributed by atoms with Crippen LogP contribution in [-0.4, -0.2) is 18.9 Å². The molecule has 1 heterocycles. The predicted octanol–water partition coefficient (Wildman–Crippen LogP) is 3.57. The molecule has 0 fully saturated rings. The van der Waals surface area contributed by atoms with Crippen molar-refractivity contribution in [1.82, 2.24) is 5.32 Å². The first-order valence-corrected chi connectivity index (χ1v) is 6.39. The van der Waals surface area contributed by atoms with E-state index in [1.807, 2.05) is 12.1 Å². The van der Waals surface area contributed by atoms with Crippen LogP contribution in [0.1, 0.15) is 11.1 Å². The van der Waals surface area contributed by atoms with E-state index in [-0.39, 0.29) is 18.2 Å². The van der Waals surface area contributed by atoms with Crippen LogP contribution in [0.5, 0.6) is 0 Å². The van der Waals surface area contributed by atoms with E-state index in [2.05, 4.69) is 29.4 Å². The molecule has 2 nitrogen and oxygen atoms in total. The van der Waals surface area contributed by atoms with Gasteiger partial charge in [-0.2, -0.15) is 0 Å². The number of aliphatic imine (C=N–C) groups is 1. The summed E-state index contributed by atoms with van der Waals surface area (Å²) in [6.07, 6.45) is 0. The van der Waals surface area contributed by atoms with Gasteiger partial charge in [-0.25, -0.2) is 4.39 Å². The predicted molar refractivity (Wildman–Crippen MR) is 83.2 cm³/mol. The molecule has 0 unspecified atom stereocenters. The maximum Gasteiger partial charge on any atom is 0.128 e. The van der Waals surface area contributed by atoms with Crippen molar-refractivity contribution in [3.8, 4) is 11.1 Å². The highest BCUT2D eigenvalue weighted by Gasteiger charge is 2.11. The molecular weight excluding hydrogens is 275 g/mol. The van der Waals surface area contributed by atoms with Crippen molar-refractivity contribution in [2.75, 3.05) is 13.1 Å². The summed E-state index contributed by atoms with van der Waals surface area (Å²) in [6, 6.07) is 12.8. The molecule has 0 aromatic heterocycles. The quantitative estimate of drug-likeness (QED) is 0.898. The lowest BCUT2D eigenvalue weighted by Gasteiger charge is -2.10. The zero-order chi connectivity index (χ0) is 13.2. The van der Waals surface area contributed by atoms with Crippen molar-refractivity contribution in [3.63, 3.8) is 0 Å². The van der Waals surface area contributed by atoms with Gasteiger partial charge in [0.2, 0.25) is 0 Å². The number of hydrogen-bond acceptors (Lipinski definition) is 2. The van der Waals surface area contributed by atoms with E-state index in [0.717, 1.165) is 35.6 Å². The van der Waals surface area contributed by atoms with Gasteiger partial charge >= 0.3 is 0 Å². The van der Waals surface area contributed by atoms with Crippen LogP contribution in [0, 0.1) is 12.7 Å². The molecule has 4 heteroatoms. The number of nitrogens with one attached hydrogen (secondary N) is 1. The second kappa shape index (κ2) is 6.06. The Morgan fingerprint density at radius 2 is 1.90 bits per heavy atom. The lowest BCUT2D eigenvalue weighted by Crippen LogP contribution is -2.20. The summed E-state index contributed by atoms with van der Waals surface area (Å²) in [5, 5.41) is 3.28. The number of aryl methyl sites for hydroxylation is 1. The van der Waals surface area contributed by atoms with Gasteiger partial charge in [0, 0.05) is 12.1 Å². The molecule has 104 valence electrons. The highest BCUT2D eigenvalue weighted by Crippen LogP contribution is 2.23. The standard InChI is InChI=1S/C16H15FN2.ClH/c1-11-5-6-13(12-3-2-4-14(17)9-12)10-15(11)16-18-7-8-19-16;/h2-6,9-10H,7-8H2,1H3,(H,18,19);1H. The van der Waals surface area contributed by atoms with Gasteiger partial charge in [-0.3, -0.25) is 4.99 Å². The minimum absolute atomic E-state index is 0. The molecule has 0 saturated heterocycles. The molecule has 0 atom stereocenters. The van der Waals surface area contributed by atoms with E-state index in [1.165, 1.54) is 11.6 Å². The Bertz CT molecular complexity index is 653. The third kappa shape index (κ3) is 2.83. The summed E-state index contributed by atoms with van der Waals surface area (Å²) in [6.45, 7) is 3.77. The van der Waals surface area contributed by atoms with E-state index in [9.17, 15) is 4.39 Å². The molecule has 0 saturated carbocycles. The maximum atomic E-state index is 13.3. The van der Waals surface area contributed by atoms with Crippen LogP contribution < -0.4 is 5.32 Å². The third-order valence-corrected chi connectivity index (χ3v) is 3.32. The first-order valence-electron chi connectivity index (χ1n) is 6.39. The number of nitrogens with zero attached hydrogens (tertiary/aromatic N) is 1. The average molecular weight is 291 g/mol. The van der Waals surface area contributed by atoms with E-state index < -0.39 is 0 Å². The van der Waals surface area contributed by atoms with Crippen LogP contribution in [0.2, 0.25) is 0 Å². The van der Waals surface area contributed by atoms with E-state index >= 15 is 0 Å². The minimum atomic E-state index is -0.212. The van der Waals surface area contributed by atoms with Gasteiger partial charge in [0.1, 0.15) is 11.7 Å². The molecule has 2 aromatic rings. The van der Waals surface area contributed by atoms with Gasteiger partial charge in [0.05, 0.1) is 6.54 Å². The Balaban J connectivity index is 0.00000147. The molecule has 0 bridgehead atoms. The highest BCUT2D eigenvalue weighted by molar-refractivity contribution is 6.01. The summed E-state index contributed by atoms with van der Waals surface area (Å²) in [5.74, 6) is 0.728. The largest absolute Gasteiger partial charge is 0.368 e. The summed E-state index contributed by atoms with van der Waals surface area (Å²) < 4.78 is 13.3. The second-order valence-corrected chi connectivity index (χ2v) is 4.70. The number of hydrogen-bond donors (Lipinski definition) is 1. The number of rotatable bonds is 2. The third-order valence-electron chi connectivity index (χ3n) is 3.32. The van der Waals surface area contributed by atoms with E-state index in [0.29, 0.717) is 0 Å². The van der Waals surface area contributed by atoms with E-state index in [1.54, 1.807) is 12.1 Å². The topological polar surface area (TPSA) is 24.4 Å². The normalized spacial score (nSPS) is 13.4. The Morgan fingerprint density at radius 3 is 2.60 bits per heavy atom. The Labute approximate surface area is 124 Å². The average Bonchev–Trinajstić information content (AvgIpc) is 2.93. The van der Waals surface area contributed by atoms with Crippen LogP contribution in [-0.2, 0) is 0 Å².